The first-order chi connectivity index (χ1) is 9.29. The van der Waals surface area contributed by atoms with Gasteiger partial charge >= 0.3 is 0 Å². The number of rotatable bonds is 4. The summed E-state index contributed by atoms with van der Waals surface area (Å²) in [5.41, 5.74) is 2.52. The molecule has 0 saturated heterocycles. The largest absolute Gasteiger partial charge is 0.345 e. The Morgan fingerprint density at radius 3 is 2.60 bits per heavy atom. The summed E-state index contributed by atoms with van der Waals surface area (Å²) in [4.78, 5) is 14.8. The maximum Gasteiger partial charge on any atom is 0.282 e. The molecule has 2 rings (SSSR count). The van der Waals surface area contributed by atoms with Gasteiger partial charge in [0.2, 0.25) is 0 Å². The minimum absolute atomic E-state index is 0.156. The molecule has 20 heavy (non-hydrogen) atoms. The van der Waals surface area contributed by atoms with Gasteiger partial charge in [0.1, 0.15) is 9.90 Å². The molecule has 0 spiro atoms. The van der Waals surface area contributed by atoms with Crippen LogP contribution in [0.4, 0.5) is 0 Å². The van der Waals surface area contributed by atoms with Crippen molar-refractivity contribution in [1.82, 2.24) is 14.8 Å². The summed E-state index contributed by atoms with van der Waals surface area (Å²) in [6, 6.07) is 4.79. The van der Waals surface area contributed by atoms with Crippen LogP contribution >= 0.6 is 27.3 Å². The third kappa shape index (κ3) is 3.29. The van der Waals surface area contributed by atoms with Gasteiger partial charge in [0.05, 0.1) is 0 Å². The minimum atomic E-state index is -3.73. The summed E-state index contributed by atoms with van der Waals surface area (Å²) < 4.78 is 26.4. The quantitative estimate of drug-likeness (QED) is 0.796. The number of aromatic nitrogens is 1. The van der Waals surface area contributed by atoms with Gasteiger partial charge in [-0.1, -0.05) is 0 Å². The Bertz CT molecular complexity index is 749. The van der Waals surface area contributed by atoms with Gasteiger partial charge in [0.15, 0.2) is 0 Å². The molecule has 0 aliphatic heterocycles. The van der Waals surface area contributed by atoms with Crippen molar-refractivity contribution in [2.24, 2.45) is 7.05 Å². The minimum Gasteiger partial charge on any atom is -0.345 e. The summed E-state index contributed by atoms with van der Waals surface area (Å²) in [6.45, 7) is 1.81. The van der Waals surface area contributed by atoms with Gasteiger partial charge in [0, 0.05) is 22.6 Å². The van der Waals surface area contributed by atoms with Gasteiger partial charge in [-0.3, -0.25) is 10.2 Å². The van der Waals surface area contributed by atoms with E-state index in [1.54, 1.807) is 29.9 Å². The number of carbonyl (C=O) groups excluding carboxylic acids is 1. The number of nitrogens with one attached hydrogen (secondary N) is 2. The monoisotopic (exact) mass is 377 g/mol. The molecule has 2 heterocycles. The van der Waals surface area contributed by atoms with Crippen LogP contribution in [0.3, 0.4) is 0 Å². The van der Waals surface area contributed by atoms with E-state index >= 15 is 0 Å². The number of thiophene rings is 1. The van der Waals surface area contributed by atoms with Crippen LogP contribution in [0.1, 0.15) is 15.4 Å². The molecule has 0 atom stereocenters. The van der Waals surface area contributed by atoms with Crippen LogP contribution in [0, 0.1) is 6.92 Å². The van der Waals surface area contributed by atoms with Gasteiger partial charge in [-0.15, -0.1) is 16.2 Å². The summed E-state index contributed by atoms with van der Waals surface area (Å²) in [6.07, 6.45) is 1.70. The molecule has 1 amide bonds. The predicted octanol–water partition coefficient (Wildman–Crippen LogP) is 1.78. The molecule has 0 aromatic carbocycles. The number of carbonyl (C=O) groups is 1. The highest BCUT2D eigenvalue weighted by Gasteiger charge is 2.18. The number of hydrazine groups is 1. The van der Waals surface area contributed by atoms with Crippen molar-refractivity contribution in [3.05, 3.63) is 39.4 Å². The zero-order chi connectivity index (χ0) is 14.9. The summed E-state index contributed by atoms with van der Waals surface area (Å²) >= 11 is 4.38. The van der Waals surface area contributed by atoms with Crippen molar-refractivity contribution in [2.45, 2.75) is 11.1 Å². The first-order valence-electron chi connectivity index (χ1n) is 5.50. The Morgan fingerprint density at radius 1 is 1.40 bits per heavy atom. The molecular weight excluding hydrogens is 366 g/mol. The van der Waals surface area contributed by atoms with Crippen LogP contribution < -0.4 is 10.3 Å². The Hall–Kier alpha value is -1.16. The van der Waals surface area contributed by atoms with Crippen molar-refractivity contribution >= 4 is 43.2 Å². The summed E-state index contributed by atoms with van der Waals surface area (Å²) in [7, 11) is -2.04. The molecule has 0 bridgehead atoms. The second-order valence-corrected chi connectivity index (χ2v) is 8.19. The summed E-state index contributed by atoms with van der Waals surface area (Å²) in [5, 5.41) is 0. The fourth-order valence-corrected chi connectivity index (χ4v) is 4.18. The van der Waals surface area contributed by atoms with E-state index in [1.807, 2.05) is 6.92 Å². The van der Waals surface area contributed by atoms with Crippen LogP contribution in [0.5, 0.6) is 0 Å². The second-order valence-electron chi connectivity index (χ2n) is 4.08. The molecular formula is C11H12BrN3O3S2. The zero-order valence-electron chi connectivity index (χ0n) is 10.7. The predicted molar refractivity (Wildman–Crippen MR) is 80.0 cm³/mol. The molecule has 2 aromatic rings. The molecule has 6 nitrogen and oxygen atoms in total. The van der Waals surface area contributed by atoms with Crippen molar-refractivity contribution in [3.63, 3.8) is 0 Å². The standard InChI is InChI=1S/C11H12BrN3O3S2/c1-7-3-4-10(19-7)20(17,18)14-13-11(16)9-5-8(12)6-15(9)2/h3-6,14H,1-2H3,(H,13,16). The molecule has 9 heteroatoms. The van der Waals surface area contributed by atoms with Crippen LogP contribution in [-0.4, -0.2) is 18.9 Å². The van der Waals surface area contributed by atoms with Crippen molar-refractivity contribution < 1.29 is 13.2 Å². The van der Waals surface area contributed by atoms with Crippen LogP contribution in [0.15, 0.2) is 33.1 Å². The van der Waals surface area contributed by atoms with E-state index in [2.05, 4.69) is 26.2 Å². The van der Waals surface area contributed by atoms with Gasteiger partial charge < -0.3 is 4.57 Å². The lowest BCUT2D eigenvalue weighted by atomic mass is 10.4. The maximum atomic E-state index is 11.9. The molecule has 2 aromatic heterocycles. The number of nitrogens with zero attached hydrogens (tertiary/aromatic N) is 1. The highest BCUT2D eigenvalue weighted by atomic mass is 79.9. The molecule has 0 aliphatic carbocycles. The number of amides is 1. The van der Waals surface area contributed by atoms with E-state index in [0.717, 1.165) is 20.7 Å². The molecule has 0 fully saturated rings. The van der Waals surface area contributed by atoms with E-state index in [1.165, 1.54) is 6.07 Å². The Morgan fingerprint density at radius 2 is 2.10 bits per heavy atom. The van der Waals surface area contributed by atoms with E-state index in [4.69, 9.17) is 0 Å². The summed E-state index contributed by atoms with van der Waals surface area (Å²) in [5.74, 6) is -0.532. The number of aryl methyl sites for hydroxylation is 2. The fraction of sp³-hybridized carbons (Fsp3) is 0.182. The van der Waals surface area contributed by atoms with E-state index in [-0.39, 0.29) is 4.21 Å². The molecule has 108 valence electrons. The molecule has 0 unspecified atom stereocenters. The van der Waals surface area contributed by atoms with Crippen molar-refractivity contribution in [2.75, 3.05) is 0 Å². The maximum absolute atomic E-state index is 11.9. The van der Waals surface area contributed by atoms with Crippen LogP contribution in [-0.2, 0) is 17.1 Å². The van der Waals surface area contributed by atoms with Crippen molar-refractivity contribution in [3.8, 4) is 0 Å². The van der Waals surface area contributed by atoms with E-state index < -0.39 is 15.9 Å². The van der Waals surface area contributed by atoms with Crippen LogP contribution in [0.25, 0.3) is 0 Å². The molecule has 2 N–H and O–H groups in total. The third-order valence-electron chi connectivity index (χ3n) is 2.48. The average molecular weight is 378 g/mol. The number of hydrogen-bond acceptors (Lipinski definition) is 4. The van der Waals surface area contributed by atoms with Gasteiger partial charge in [-0.05, 0) is 41.1 Å². The molecule has 0 radical (unpaired) electrons. The zero-order valence-corrected chi connectivity index (χ0v) is 13.9. The van der Waals surface area contributed by atoms with Gasteiger partial charge in [0.25, 0.3) is 15.9 Å². The van der Waals surface area contributed by atoms with E-state index in [9.17, 15) is 13.2 Å². The van der Waals surface area contributed by atoms with Crippen LogP contribution in [0.2, 0.25) is 0 Å². The first-order valence-corrected chi connectivity index (χ1v) is 8.59. The lowest BCUT2D eigenvalue weighted by molar-refractivity contribution is 0.0937. The number of halogens is 1. The second kappa shape index (κ2) is 5.68. The smallest absolute Gasteiger partial charge is 0.282 e. The Labute approximate surface area is 129 Å². The highest BCUT2D eigenvalue weighted by molar-refractivity contribution is 9.10. The molecule has 0 saturated carbocycles. The fourth-order valence-electron chi connectivity index (χ4n) is 1.53. The molecule has 0 aliphatic rings. The number of sulfonamides is 1. The normalized spacial score (nSPS) is 11.6. The lowest BCUT2D eigenvalue weighted by Crippen LogP contribution is -2.41. The topological polar surface area (TPSA) is 80.2 Å². The highest BCUT2D eigenvalue weighted by Crippen LogP contribution is 2.20. The third-order valence-corrected chi connectivity index (χ3v) is 5.66. The average Bonchev–Trinajstić information content (AvgIpc) is 2.93. The van der Waals surface area contributed by atoms with E-state index in [0.29, 0.717) is 5.69 Å². The van der Waals surface area contributed by atoms with Gasteiger partial charge in [-0.25, -0.2) is 8.42 Å². The SMILES string of the molecule is Cc1ccc(S(=O)(=O)NNC(=O)c2cc(Br)cn2C)s1. The lowest BCUT2D eigenvalue weighted by Gasteiger charge is -2.07. The number of hydrogen-bond donors (Lipinski definition) is 2. The van der Waals surface area contributed by atoms with Crippen molar-refractivity contribution in [1.29, 1.82) is 0 Å². The Balaban J connectivity index is 2.09. The Kier molecular flexibility index (Phi) is 4.33. The van der Waals surface area contributed by atoms with Gasteiger partial charge in [-0.2, -0.15) is 0 Å². The first kappa shape index (κ1) is 15.2.